The van der Waals surface area contributed by atoms with Crippen molar-refractivity contribution in [2.24, 2.45) is 5.92 Å². The molecule has 1 aromatic carbocycles. The van der Waals surface area contributed by atoms with Crippen LogP contribution in [-0.2, 0) is 21.2 Å². The molecule has 4 rings (SSSR count). The maximum Gasteiger partial charge on any atom is 0.242 e. The lowest BCUT2D eigenvalue weighted by Crippen LogP contribution is -2.41. The van der Waals surface area contributed by atoms with E-state index in [4.69, 9.17) is 0 Å². The zero-order chi connectivity index (χ0) is 20.8. The van der Waals surface area contributed by atoms with E-state index >= 15 is 0 Å². The molecule has 6 nitrogen and oxygen atoms in total. The molecule has 2 aliphatic rings. The van der Waals surface area contributed by atoms with Crippen LogP contribution in [0.25, 0.3) is 0 Å². The number of aryl methyl sites for hydroxylation is 1. The lowest BCUT2D eigenvalue weighted by molar-refractivity contribution is -0.118. The molecular formula is C21H27N3O3S2. The van der Waals surface area contributed by atoms with Gasteiger partial charge in [-0.15, -0.1) is 11.3 Å². The Bertz CT molecular complexity index is 1030. The topological polar surface area (TPSA) is 69.7 Å². The smallest absolute Gasteiger partial charge is 0.242 e. The Kier molecular flexibility index (Phi) is 5.54. The maximum atomic E-state index is 12.9. The number of carbonyl (C=O) groups excluding carboxylic acids is 1. The van der Waals surface area contributed by atoms with Crippen LogP contribution < -0.4 is 5.32 Å². The fourth-order valence-corrected chi connectivity index (χ4v) is 5.86. The Hall–Kier alpha value is -1.74. The number of anilines is 1. The van der Waals surface area contributed by atoms with Crippen LogP contribution in [0.4, 0.5) is 5.69 Å². The highest BCUT2D eigenvalue weighted by molar-refractivity contribution is 7.89. The first-order chi connectivity index (χ1) is 13.8. The summed E-state index contributed by atoms with van der Waals surface area (Å²) in [6, 6.07) is 7.40. The first-order valence-corrected chi connectivity index (χ1v) is 12.2. The molecule has 156 valence electrons. The lowest BCUT2D eigenvalue weighted by atomic mass is 9.96. The van der Waals surface area contributed by atoms with Crippen molar-refractivity contribution in [1.29, 1.82) is 0 Å². The molecule has 1 fully saturated rings. The van der Waals surface area contributed by atoms with Crippen molar-refractivity contribution in [1.82, 2.24) is 9.21 Å². The highest BCUT2D eigenvalue weighted by Crippen LogP contribution is 2.48. The molecule has 2 aromatic rings. The molecule has 1 saturated carbocycles. The van der Waals surface area contributed by atoms with E-state index in [1.165, 1.54) is 41.7 Å². The third-order valence-corrected chi connectivity index (χ3v) is 8.60. The Morgan fingerprint density at radius 3 is 2.72 bits per heavy atom. The molecule has 1 aliphatic heterocycles. The van der Waals surface area contributed by atoms with Gasteiger partial charge < -0.3 is 5.32 Å². The van der Waals surface area contributed by atoms with Crippen LogP contribution in [0.3, 0.4) is 0 Å². The molecule has 0 saturated heterocycles. The molecule has 0 unspecified atom stereocenters. The van der Waals surface area contributed by atoms with E-state index in [0.717, 1.165) is 18.5 Å². The number of hydrogen-bond donors (Lipinski definition) is 1. The van der Waals surface area contributed by atoms with Gasteiger partial charge in [0.1, 0.15) is 0 Å². The summed E-state index contributed by atoms with van der Waals surface area (Å²) in [6.45, 7) is 3.07. The zero-order valence-electron chi connectivity index (χ0n) is 17.0. The van der Waals surface area contributed by atoms with Crippen LogP contribution >= 0.6 is 11.3 Å². The van der Waals surface area contributed by atoms with Crippen molar-refractivity contribution in [2.45, 2.75) is 37.1 Å². The predicted octanol–water partition coefficient (Wildman–Crippen LogP) is 3.25. The summed E-state index contributed by atoms with van der Waals surface area (Å²) in [6.07, 6.45) is 3.43. The monoisotopic (exact) mass is 433 g/mol. The number of rotatable bonds is 6. The van der Waals surface area contributed by atoms with Crippen LogP contribution in [0, 0.1) is 12.8 Å². The van der Waals surface area contributed by atoms with Gasteiger partial charge in [-0.05, 0) is 66.8 Å². The normalized spacial score (nSPS) is 19.9. The highest BCUT2D eigenvalue weighted by atomic mass is 32.2. The van der Waals surface area contributed by atoms with Crippen molar-refractivity contribution in [2.75, 3.05) is 32.5 Å². The van der Waals surface area contributed by atoms with E-state index in [9.17, 15) is 13.2 Å². The standard InChI is InChI=1S/C21H27N3O3S2/c1-14-4-7-16(29(26,27)23(2)3)12-18(14)22-20(25)13-24-10-8-19-17(9-11-28-19)21(24)15-5-6-15/h4,7,9,11-12,15,21H,5-6,8,10,13H2,1-3H3,(H,22,25)/t21-/m0/s1. The number of thiophene rings is 1. The Balaban J connectivity index is 1.50. The van der Waals surface area contributed by atoms with Gasteiger partial charge in [0.15, 0.2) is 0 Å². The molecule has 1 N–H and O–H groups in total. The summed E-state index contributed by atoms with van der Waals surface area (Å²) < 4.78 is 26.0. The third-order valence-electron chi connectivity index (χ3n) is 5.79. The Morgan fingerprint density at radius 2 is 2.03 bits per heavy atom. The van der Waals surface area contributed by atoms with Crippen LogP contribution in [0.2, 0.25) is 0 Å². The van der Waals surface area contributed by atoms with Crippen LogP contribution in [0.5, 0.6) is 0 Å². The molecule has 1 amide bonds. The summed E-state index contributed by atoms with van der Waals surface area (Å²) >= 11 is 1.82. The summed E-state index contributed by atoms with van der Waals surface area (Å²) in [5.41, 5.74) is 2.79. The molecule has 0 bridgehead atoms. The van der Waals surface area contributed by atoms with Gasteiger partial charge in [0.05, 0.1) is 11.4 Å². The van der Waals surface area contributed by atoms with E-state index in [1.807, 2.05) is 18.3 Å². The van der Waals surface area contributed by atoms with E-state index in [2.05, 4.69) is 21.7 Å². The van der Waals surface area contributed by atoms with E-state index in [1.54, 1.807) is 18.2 Å². The molecule has 0 spiro atoms. The van der Waals surface area contributed by atoms with Crippen LogP contribution in [0.1, 0.15) is 34.9 Å². The van der Waals surface area contributed by atoms with Gasteiger partial charge in [-0.3, -0.25) is 9.69 Å². The summed E-state index contributed by atoms with van der Waals surface area (Å²) in [5, 5.41) is 5.10. The average Bonchev–Trinajstić information content (AvgIpc) is 3.39. The second-order valence-corrected chi connectivity index (χ2v) is 11.3. The largest absolute Gasteiger partial charge is 0.325 e. The van der Waals surface area contributed by atoms with Crippen molar-refractivity contribution in [3.8, 4) is 0 Å². The van der Waals surface area contributed by atoms with Crippen molar-refractivity contribution >= 4 is 33.0 Å². The zero-order valence-corrected chi connectivity index (χ0v) is 18.6. The van der Waals surface area contributed by atoms with Crippen molar-refractivity contribution in [3.63, 3.8) is 0 Å². The van der Waals surface area contributed by atoms with Crippen molar-refractivity contribution < 1.29 is 13.2 Å². The Labute approximate surface area is 176 Å². The lowest BCUT2D eigenvalue weighted by Gasteiger charge is -2.35. The third kappa shape index (κ3) is 4.12. The fraction of sp³-hybridized carbons (Fsp3) is 0.476. The SMILES string of the molecule is Cc1ccc(S(=O)(=O)N(C)C)cc1NC(=O)CN1CCc2sccc2[C@@H]1C1CC1. The first kappa shape index (κ1) is 20.5. The van der Waals surface area contributed by atoms with E-state index < -0.39 is 10.0 Å². The second kappa shape index (κ2) is 7.83. The summed E-state index contributed by atoms with van der Waals surface area (Å²) in [5.74, 6) is 0.545. The molecule has 1 aliphatic carbocycles. The molecule has 0 radical (unpaired) electrons. The van der Waals surface area contributed by atoms with Gasteiger partial charge in [-0.2, -0.15) is 0 Å². The van der Waals surface area contributed by atoms with Gasteiger partial charge in [-0.1, -0.05) is 6.07 Å². The molecule has 8 heteroatoms. The number of nitrogens with one attached hydrogen (secondary N) is 1. The van der Waals surface area contributed by atoms with Gasteiger partial charge in [-0.25, -0.2) is 12.7 Å². The average molecular weight is 434 g/mol. The van der Waals surface area contributed by atoms with Crippen LogP contribution in [0.15, 0.2) is 34.5 Å². The minimum atomic E-state index is -3.55. The minimum absolute atomic E-state index is 0.100. The summed E-state index contributed by atoms with van der Waals surface area (Å²) in [7, 11) is -0.544. The predicted molar refractivity (Wildman–Crippen MR) is 116 cm³/mol. The molecule has 1 atom stereocenters. The number of fused-ring (bicyclic) bond motifs is 1. The molecule has 29 heavy (non-hydrogen) atoms. The molecule has 1 aromatic heterocycles. The maximum absolute atomic E-state index is 12.9. The number of nitrogens with zero attached hydrogens (tertiary/aromatic N) is 2. The van der Waals surface area contributed by atoms with E-state index in [0.29, 0.717) is 24.2 Å². The quantitative estimate of drug-likeness (QED) is 0.759. The molecule has 2 heterocycles. The Morgan fingerprint density at radius 1 is 1.28 bits per heavy atom. The molecular weight excluding hydrogens is 406 g/mol. The van der Waals surface area contributed by atoms with Crippen LogP contribution in [-0.4, -0.2) is 50.7 Å². The van der Waals surface area contributed by atoms with Crippen molar-refractivity contribution in [3.05, 3.63) is 45.6 Å². The van der Waals surface area contributed by atoms with E-state index in [-0.39, 0.29) is 10.8 Å². The number of hydrogen-bond acceptors (Lipinski definition) is 5. The highest BCUT2D eigenvalue weighted by Gasteiger charge is 2.40. The first-order valence-electron chi connectivity index (χ1n) is 9.90. The number of benzene rings is 1. The fourth-order valence-electron chi connectivity index (χ4n) is 4.02. The van der Waals surface area contributed by atoms with Gasteiger partial charge in [0.2, 0.25) is 15.9 Å². The van der Waals surface area contributed by atoms with Gasteiger partial charge >= 0.3 is 0 Å². The van der Waals surface area contributed by atoms with Gasteiger partial charge in [0, 0.05) is 37.2 Å². The number of sulfonamides is 1. The number of amides is 1. The number of carbonyl (C=O) groups is 1. The second-order valence-electron chi connectivity index (χ2n) is 8.11. The van der Waals surface area contributed by atoms with Gasteiger partial charge in [0.25, 0.3) is 0 Å². The summed E-state index contributed by atoms with van der Waals surface area (Å²) in [4.78, 5) is 16.8. The minimum Gasteiger partial charge on any atom is -0.325 e.